The number of likely N-dealkylation sites (tertiary alicyclic amines) is 2. The molecule has 2 N–H and O–H groups in total. The summed E-state index contributed by atoms with van der Waals surface area (Å²) in [6.07, 6.45) is 4.89. The van der Waals surface area contributed by atoms with Gasteiger partial charge >= 0.3 is 0 Å². The number of piperidine rings is 1. The topological polar surface area (TPSA) is 42.9 Å². The Morgan fingerprint density at radius 1 is 1.14 bits per heavy atom. The summed E-state index contributed by atoms with van der Waals surface area (Å²) in [4.78, 5) is 10.1. The quantitative estimate of drug-likeness (QED) is 0.520. The first kappa shape index (κ1) is 22.1. The Bertz CT molecular complexity index is 617. The molecule has 3 atom stereocenters. The fourth-order valence-corrected chi connectivity index (χ4v) is 4.72. The van der Waals surface area contributed by atoms with E-state index >= 15 is 0 Å². The number of nitrogens with zero attached hydrogens (tertiary/aromatic N) is 3. The molecule has 162 valence electrons. The molecule has 0 saturated carbocycles. The number of guanidine groups is 1. The van der Waals surface area contributed by atoms with Crippen LogP contribution in [0.5, 0.6) is 0 Å². The summed E-state index contributed by atoms with van der Waals surface area (Å²) in [6, 6.07) is 11.9. The maximum atomic E-state index is 4.95. The molecular formula is C24H41N5. The fourth-order valence-electron chi connectivity index (χ4n) is 4.72. The molecule has 0 amide bonds. The molecule has 5 nitrogen and oxygen atoms in total. The van der Waals surface area contributed by atoms with Crippen LogP contribution >= 0.6 is 0 Å². The average Bonchev–Trinajstić information content (AvgIpc) is 3.17. The van der Waals surface area contributed by atoms with Crippen molar-refractivity contribution in [3.63, 3.8) is 0 Å². The molecule has 3 unspecified atom stereocenters. The van der Waals surface area contributed by atoms with E-state index in [1.807, 2.05) is 0 Å². The van der Waals surface area contributed by atoms with Gasteiger partial charge in [0.1, 0.15) is 0 Å². The number of benzene rings is 1. The molecule has 0 spiro atoms. The lowest BCUT2D eigenvalue weighted by Gasteiger charge is -2.38. The molecule has 0 aliphatic carbocycles. The van der Waals surface area contributed by atoms with Crippen molar-refractivity contribution in [2.75, 3.05) is 39.3 Å². The number of hydrogen-bond acceptors (Lipinski definition) is 3. The van der Waals surface area contributed by atoms with Crippen LogP contribution in [0.25, 0.3) is 0 Å². The van der Waals surface area contributed by atoms with E-state index in [9.17, 15) is 0 Å². The van der Waals surface area contributed by atoms with Gasteiger partial charge in [0.05, 0.1) is 0 Å². The van der Waals surface area contributed by atoms with E-state index in [-0.39, 0.29) is 0 Å². The van der Waals surface area contributed by atoms with Crippen molar-refractivity contribution in [3.8, 4) is 0 Å². The van der Waals surface area contributed by atoms with Crippen LogP contribution in [0, 0.1) is 5.92 Å². The number of nitrogens with one attached hydrogen (secondary N) is 2. The lowest BCUT2D eigenvalue weighted by Crippen LogP contribution is -2.51. The van der Waals surface area contributed by atoms with Crippen LogP contribution in [0.15, 0.2) is 35.3 Å². The van der Waals surface area contributed by atoms with E-state index < -0.39 is 0 Å². The minimum absolute atomic E-state index is 0.509. The van der Waals surface area contributed by atoms with Crippen LogP contribution in [0.3, 0.4) is 0 Å². The standard InChI is InChI=1S/C24H41N5/c1-4-13-28-14-11-22(18-28)17-26-24(25-5-2)27-23-12-15-29(20(3)16-23)19-21-9-7-6-8-10-21/h6-10,20,22-23H,4-5,11-19H2,1-3H3,(H2,25,26,27). The van der Waals surface area contributed by atoms with Crippen LogP contribution in [-0.2, 0) is 6.54 Å². The van der Waals surface area contributed by atoms with Crippen molar-refractivity contribution in [1.29, 1.82) is 0 Å². The summed E-state index contributed by atoms with van der Waals surface area (Å²) in [5, 5.41) is 7.20. The van der Waals surface area contributed by atoms with Crippen LogP contribution in [0.1, 0.15) is 52.0 Å². The van der Waals surface area contributed by atoms with Crippen LogP contribution in [-0.4, -0.2) is 67.1 Å². The van der Waals surface area contributed by atoms with E-state index in [0.717, 1.165) is 32.1 Å². The van der Waals surface area contributed by atoms with E-state index in [2.05, 4.69) is 71.5 Å². The van der Waals surface area contributed by atoms with Crippen LogP contribution in [0.4, 0.5) is 0 Å². The zero-order valence-electron chi connectivity index (χ0n) is 18.7. The second kappa shape index (κ2) is 11.6. The van der Waals surface area contributed by atoms with Crippen molar-refractivity contribution in [2.24, 2.45) is 10.9 Å². The highest BCUT2D eigenvalue weighted by molar-refractivity contribution is 5.80. The van der Waals surface area contributed by atoms with Gasteiger partial charge in [0.15, 0.2) is 5.96 Å². The van der Waals surface area contributed by atoms with Gasteiger partial charge in [0, 0.05) is 44.8 Å². The fraction of sp³-hybridized carbons (Fsp3) is 0.708. The molecule has 2 heterocycles. The summed E-state index contributed by atoms with van der Waals surface area (Å²) in [5.74, 6) is 1.72. The van der Waals surface area contributed by atoms with Gasteiger partial charge in [-0.25, -0.2) is 0 Å². The molecule has 0 radical (unpaired) electrons. The molecule has 1 aromatic carbocycles. The highest BCUT2D eigenvalue weighted by Gasteiger charge is 2.26. The second-order valence-corrected chi connectivity index (χ2v) is 8.85. The Kier molecular flexibility index (Phi) is 8.81. The zero-order valence-corrected chi connectivity index (χ0v) is 18.7. The number of aliphatic imine (C=N–C) groups is 1. The maximum absolute atomic E-state index is 4.95. The Hall–Kier alpha value is -1.59. The highest BCUT2D eigenvalue weighted by Crippen LogP contribution is 2.20. The van der Waals surface area contributed by atoms with Gasteiger partial charge in [0.25, 0.3) is 0 Å². The summed E-state index contributed by atoms with van der Waals surface area (Å²) in [7, 11) is 0. The summed E-state index contributed by atoms with van der Waals surface area (Å²) in [5.41, 5.74) is 1.41. The average molecular weight is 400 g/mol. The lowest BCUT2D eigenvalue weighted by atomic mass is 9.97. The Morgan fingerprint density at radius 2 is 1.97 bits per heavy atom. The van der Waals surface area contributed by atoms with Crippen molar-refractivity contribution >= 4 is 5.96 Å². The molecule has 2 saturated heterocycles. The SMILES string of the molecule is CCCN1CCC(CN=C(NCC)NC2CCN(Cc3ccccc3)C(C)C2)C1. The van der Waals surface area contributed by atoms with Crippen molar-refractivity contribution < 1.29 is 0 Å². The van der Waals surface area contributed by atoms with Gasteiger partial charge in [-0.3, -0.25) is 9.89 Å². The second-order valence-electron chi connectivity index (χ2n) is 8.85. The van der Waals surface area contributed by atoms with Gasteiger partial charge in [-0.15, -0.1) is 0 Å². The van der Waals surface area contributed by atoms with Crippen molar-refractivity contribution in [1.82, 2.24) is 20.4 Å². The third kappa shape index (κ3) is 7.00. The van der Waals surface area contributed by atoms with Crippen LogP contribution < -0.4 is 10.6 Å². The zero-order chi connectivity index (χ0) is 20.5. The molecule has 2 aliphatic heterocycles. The normalized spacial score (nSPS) is 26.6. The van der Waals surface area contributed by atoms with Gasteiger partial charge in [-0.2, -0.15) is 0 Å². The van der Waals surface area contributed by atoms with Gasteiger partial charge in [-0.05, 0) is 64.1 Å². The van der Waals surface area contributed by atoms with E-state index in [1.165, 1.54) is 50.9 Å². The molecule has 0 aromatic heterocycles. The predicted octanol–water partition coefficient (Wildman–Crippen LogP) is 3.33. The van der Waals surface area contributed by atoms with Gasteiger partial charge in [-0.1, -0.05) is 37.3 Å². The minimum atomic E-state index is 0.509. The Morgan fingerprint density at radius 3 is 2.69 bits per heavy atom. The smallest absolute Gasteiger partial charge is 0.191 e. The van der Waals surface area contributed by atoms with Gasteiger partial charge < -0.3 is 15.5 Å². The molecule has 2 fully saturated rings. The first-order chi connectivity index (χ1) is 14.2. The highest BCUT2D eigenvalue weighted by atomic mass is 15.2. The van der Waals surface area contributed by atoms with Gasteiger partial charge in [0.2, 0.25) is 0 Å². The predicted molar refractivity (Wildman–Crippen MR) is 123 cm³/mol. The van der Waals surface area contributed by atoms with E-state index in [1.54, 1.807) is 0 Å². The van der Waals surface area contributed by atoms with Crippen LogP contribution in [0.2, 0.25) is 0 Å². The summed E-state index contributed by atoms with van der Waals surface area (Å²) < 4.78 is 0. The number of hydrogen-bond donors (Lipinski definition) is 2. The van der Waals surface area contributed by atoms with E-state index in [4.69, 9.17) is 4.99 Å². The summed E-state index contributed by atoms with van der Waals surface area (Å²) >= 11 is 0. The Labute approximate surface area is 178 Å². The maximum Gasteiger partial charge on any atom is 0.191 e. The molecule has 1 aromatic rings. The van der Waals surface area contributed by atoms with Crippen molar-refractivity contribution in [2.45, 2.75) is 65.1 Å². The molecule has 5 heteroatoms. The molecule has 0 bridgehead atoms. The first-order valence-electron chi connectivity index (χ1n) is 11.7. The first-order valence-corrected chi connectivity index (χ1v) is 11.7. The Balaban J connectivity index is 1.47. The lowest BCUT2D eigenvalue weighted by molar-refractivity contribution is 0.134. The largest absolute Gasteiger partial charge is 0.357 e. The third-order valence-corrected chi connectivity index (χ3v) is 6.34. The third-order valence-electron chi connectivity index (χ3n) is 6.34. The molecule has 29 heavy (non-hydrogen) atoms. The van der Waals surface area contributed by atoms with E-state index in [0.29, 0.717) is 18.0 Å². The molecular weight excluding hydrogens is 358 g/mol. The molecule has 2 aliphatic rings. The summed E-state index contributed by atoms with van der Waals surface area (Å²) in [6.45, 7) is 14.5. The molecule has 3 rings (SSSR count). The monoisotopic (exact) mass is 399 g/mol. The van der Waals surface area contributed by atoms with Crippen molar-refractivity contribution in [3.05, 3.63) is 35.9 Å². The number of rotatable bonds is 8. The minimum Gasteiger partial charge on any atom is -0.357 e.